The van der Waals surface area contributed by atoms with Crippen LogP contribution in [0.1, 0.15) is 26.1 Å². The van der Waals surface area contributed by atoms with Gasteiger partial charge in [0.25, 0.3) is 0 Å². The third-order valence-corrected chi connectivity index (χ3v) is 3.98. The highest BCUT2D eigenvalue weighted by molar-refractivity contribution is 5.93. The topological polar surface area (TPSA) is 85.6 Å². The van der Waals surface area contributed by atoms with Gasteiger partial charge < -0.3 is 24.7 Å². The maximum absolute atomic E-state index is 5.74. The quantitative estimate of drug-likeness (QED) is 0.607. The van der Waals surface area contributed by atoms with Crippen molar-refractivity contribution < 1.29 is 9.47 Å². The number of ether oxygens (including phenoxy) is 2. The van der Waals surface area contributed by atoms with Gasteiger partial charge in [-0.25, -0.2) is 0 Å². The normalized spacial score (nSPS) is 14.0. The number of nitrogens with one attached hydrogen (secondary N) is 2. The predicted octanol–water partition coefficient (Wildman–Crippen LogP) is 2.08. The molecule has 2 heterocycles. The first kappa shape index (κ1) is 18.0. The van der Waals surface area contributed by atoms with Gasteiger partial charge in [-0.3, -0.25) is 4.99 Å². The molecule has 3 rings (SSSR count). The first-order valence-electron chi connectivity index (χ1n) is 9.11. The minimum Gasteiger partial charge on any atom is -0.490 e. The van der Waals surface area contributed by atoms with Crippen molar-refractivity contribution in [1.82, 2.24) is 20.1 Å². The maximum atomic E-state index is 5.74. The average Bonchev–Trinajstić information content (AvgIpc) is 2.97. The van der Waals surface area contributed by atoms with Crippen molar-refractivity contribution in [3.05, 3.63) is 30.4 Å². The van der Waals surface area contributed by atoms with E-state index < -0.39 is 0 Å². The molecule has 8 nitrogen and oxygen atoms in total. The lowest BCUT2D eigenvalue weighted by atomic mass is 10.3. The lowest BCUT2D eigenvalue weighted by Crippen LogP contribution is -2.31. The zero-order valence-electron chi connectivity index (χ0n) is 15.4. The van der Waals surface area contributed by atoms with Crippen LogP contribution in [0.3, 0.4) is 0 Å². The van der Waals surface area contributed by atoms with Crippen molar-refractivity contribution in [2.24, 2.45) is 4.99 Å². The molecule has 1 aromatic heterocycles. The smallest absolute Gasteiger partial charge is 0.195 e. The van der Waals surface area contributed by atoms with Crippen LogP contribution in [0, 0.1) is 0 Å². The maximum Gasteiger partial charge on any atom is 0.195 e. The van der Waals surface area contributed by atoms with E-state index in [4.69, 9.17) is 9.47 Å². The van der Waals surface area contributed by atoms with Crippen LogP contribution in [0.4, 0.5) is 5.69 Å². The Labute approximate surface area is 153 Å². The second-order valence-electron chi connectivity index (χ2n) is 5.89. The van der Waals surface area contributed by atoms with Crippen molar-refractivity contribution in [1.29, 1.82) is 0 Å². The number of aryl methyl sites for hydroxylation is 1. The Morgan fingerprint density at radius 3 is 2.88 bits per heavy atom. The fraction of sp³-hybridized carbons (Fsp3) is 0.500. The van der Waals surface area contributed by atoms with E-state index in [2.05, 4.69) is 32.7 Å². The number of nitrogens with zero attached hydrogens (tertiary/aromatic N) is 4. The van der Waals surface area contributed by atoms with Gasteiger partial charge in [0, 0.05) is 37.7 Å². The van der Waals surface area contributed by atoms with E-state index in [1.807, 2.05) is 29.7 Å². The highest BCUT2D eigenvalue weighted by atomic mass is 16.5. The number of benzene rings is 1. The van der Waals surface area contributed by atoms with Crippen molar-refractivity contribution in [3.63, 3.8) is 0 Å². The molecule has 26 heavy (non-hydrogen) atoms. The van der Waals surface area contributed by atoms with Gasteiger partial charge in [-0.1, -0.05) is 6.92 Å². The monoisotopic (exact) mass is 358 g/mol. The number of hydrogen-bond acceptors (Lipinski definition) is 5. The highest BCUT2D eigenvalue weighted by Gasteiger charge is 2.11. The zero-order chi connectivity index (χ0) is 18.2. The van der Waals surface area contributed by atoms with Crippen LogP contribution in [-0.2, 0) is 13.0 Å². The average molecular weight is 358 g/mol. The fourth-order valence-corrected chi connectivity index (χ4v) is 2.69. The molecule has 0 spiro atoms. The van der Waals surface area contributed by atoms with E-state index >= 15 is 0 Å². The van der Waals surface area contributed by atoms with Crippen LogP contribution in [0.2, 0.25) is 0 Å². The summed E-state index contributed by atoms with van der Waals surface area (Å²) in [5, 5.41) is 14.6. The van der Waals surface area contributed by atoms with E-state index in [-0.39, 0.29) is 0 Å². The lowest BCUT2D eigenvalue weighted by Gasteiger charge is -2.14. The Kier molecular flexibility index (Phi) is 6.29. The Morgan fingerprint density at radius 1 is 1.23 bits per heavy atom. The largest absolute Gasteiger partial charge is 0.490 e. The molecule has 0 aliphatic carbocycles. The van der Waals surface area contributed by atoms with Gasteiger partial charge in [-0.2, -0.15) is 0 Å². The summed E-state index contributed by atoms with van der Waals surface area (Å²) in [5.74, 6) is 3.25. The minimum absolute atomic E-state index is 0.630. The second-order valence-corrected chi connectivity index (χ2v) is 5.89. The molecule has 0 atom stereocenters. The number of aliphatic imine (C=N–C) groups is 1. The van der Waals surface area contributed by atoms with Gasteiger partial charge in [-0.05, 0) is 19.1 Å². The van der Waals surface area contributed by atoms with Crippen molar-refractivity contribution in [2.45, 2.75) is 33.2 Å². The molecule has 0 radical (unpaired) electrons. The molecule has 1 aromatic carbocycles. The number of hydrogen-bond donors (Lipinski definition) is 2. The standard InChI is InChI=1S/C18H26N6O2/c1-3-17-23-21-13-24(17)9-8-20-18(19-4-2)22-14-6-7-15-16(12-14)26-11-5-10-25-15/h6-7,12-13H,3-5,8-11H2,1-2H3,(H2,19,20,22). The molecular formula is C18H26N6O2. The number of guanidine groups is 1. The molecule has 2 aromatic rings. The molecule has 1 aliphatic heterocycles. The molecule has 8 heteroatoms. The summed E-state index contributed by atoms with van der Waals surface area (Å²) < 4.78 is 13.4. The Morgan fingerprint density at radius 2 is 2.08 bits per heavy atom. The van der Waals surface area contributed by atoms with E-state index in [1.165, 1.54) is 0 Å². The summed E-state index contributed by atoms with van der Waals surface area (Å²) in [6, 6.07) is 5.84. The van der Waals surface area contributed by atoms with Gasteiger partial charge in [0.2, 0.25) is 0 Å². The molecule has 0 saturated heterocycles. The van der Waals surface area contributed by atoms with Crippen LogP contribution in [-0.4, -0.2) is 47.0 Å². The highest BCUT2D eigenvalue weighted by Crippen LogP contribution is 2.32. The first-order valence-corrected chi connectivity index (χ1v) is 9.11. The summed E-state index contributed by atoms with van der Waals surface area (Å²) in [5.41, 5.74) is 0.910. The van der Waals surface area contributed by atoms with Crippen molar-refractivity contribution >= 4 is 11.6 Å². The Hall–Kier alpha value is -2.77. The van der Waals surface area contributed by atoms with Crippen LogP contribution >= 0.6 is 0 Å². The first-order chi connectivity index (χ1) is 12.8. The van der Waals surface area contributed by atoms with Gasteiger partial charge in [0.15, 0.2) is 17.5 Å². The molecule has 140 valence electrons. The van der Waals surface area contributed by atoms with Crippen LogP contribution in [0.15, 0.2) is 29.5 Å². The molecule has 0 saturated carbocycles. The second kappa shape index (κ2) is 9.07. The Bertz CT molecular complexity index is 743. The lowest BCUT2D eigenvalue weighted by molar-refractivity contribution is 0.297. The van der Waals surface area contributed by atoms with Crippen LogP contribution in [0.5, 0.6) is 11.5 Å². The third-order valence-electron chi connectivity index (χ3n) is 3.98. The molecule has 2 N–H and O–H groups in total. The van der Waals surface area contributed by atoms with Gasteiger partial charge >= 0.3 is 0 Å². The van der Waals surface area contributed by atoms with Gasteiger partial charge in [-0.15, -0.1) is 10.2 Å². The fourth-order valence-electron chi connectivity index (χ4n) is 2.69. The molecule has 0 bridgehead atoms. The summed E-state index contributed by atoms with van der Waals surface area (Å²) in [6.45, 7) is 7.62. The van der Waals surface area contributed by atoms with E-state index in [0.717, 1.165) is 54.9 Å². The van der Waals surface area contributed by atoms with E-state index in [9.17, 15) is 0 Å². The molecular weight excluding hydrogens is 332 g/mol. The predicted molar refractivity (Wildman–Crippen MR) is 101 cm³/mol. The summed E-state index contributed by atoms with van der Waals surface area (Å²) in [6.07, 6.45) is 3.50. The number of aromatic nitrogens is 3. The summed E-state index contributed by atoms with van der Waals surface area (Å²) in [4.78, 5) is 4.64. The van der Waals surface area contributed by atoms with Crippen LogP contribution in [0.25, 0.3) is 0 Å². The zero-order valence-corrected chi connectivity index (χ0v) is 15.4. The van der Waals surface area contributed by atoms with E-state index in [0.29, 0.717) is 19.8 Å². The van der Waals surface area contributed by atoms with Crippen molar-refractivity contribution in [3.8, 4) is 11.5 Å². The number of anilines is 1. The summed E-state index contributed by atoms with van der Waals surface area (Å²) in [7, 11) is 0. The molecule has 0 fully saturated rings. The molecule has 1 aliphatic rings. The SMILES string of the molecule is CCNC(=NCCn1cnnc1CC)Nc1ccc2c(c1)OCCCO2. The third kappa shape index (κ3) is 4.65. The molecule has 0 unspecified atom stereocenters. The van der Waals surface area contributed by atoms with E-state index in [1.54, 1.807) is 6.33 Å². The molecule has 0 amide bonds. The Balaban J connectivity index is 1.65. The number of fused-ring (bicyclic) bond motifs is 1. The summed E-state index contributed by atoms with van der Waals surface area (Å²) >= 11 is 0. The van der Waals surface area contributed by atoms with Gasteiger partial charge in [0.1, 0.15) is 12.2 Å². The minimum atomic E-state index is 0.630. The van der Waals surface area contributed by atoms with Crippen molar-refractivity contribution in [2.75, 3.05) is 31.6 Å². The number of rotatable bonds is 6. The van der Waals surface area contributed by atoms with Gasteiger partial charge in [0.05, 0.1) is 19.8 Å². The van der Waals surface area contributed by atoms with Crippen LogP contribution < -0.4 is 20.1 Å².